The van der Waals surface area contributed by atoms with Crippen LogP contribution in [0.4, 0.5) is 0 Å². The summed E-state index contributed by atoms with van der Waals surface area (Å²) in [4.78, 5) is 12.5. The van der Waals surface area contributed by atoms with Crippen LogP contribution in [-0.2, 0) is 23.1 Å². The highest BCUT2D eigenvalue weighted by Gasteiger charge is 2.28. The first-order chi connectivity index (χ1) is 14.5. The highest BCUT2D eigenvalue weighted by Crippen LogP contribution is 2.29. The van der Waals surface area contributed by atoms with E-state index in [1.54, 1.807) is 19.1 Å². The van der Waals surface area contributed by atoms with Crippen LogP contribution < -0.4 is 10.1 Å². The SMILES string of the molecule is CCN(Cc1ccccc1)S(=O)(=O)c1cc(C(=O)NCc2ccco2)ccc1OC. The third kappa shape index (κ3) is 4.90. The molecule has 0 spiro atoms. The maximum absolute atomic E-state index is 13.4. The summed E-state index contributed by atoms with van der Waals surface area (Å²) in [6, 6.07) is 17.2. The Morgan fingerprint density at radius 2 is 1.87 bits per heavy atom. The maximum Gasteiger partial charge on any atom is 0.251 e. The van der Waals surface area contributed by atoms with Crippen LogP contribution in [0.1, 0.15) is 28.6 Å². The van der Waals surface area contributed by atoms with E-state index in [0.717, 1.165) is 5.56 Å². The van der Waals surface area contributed by atoms with E-state index in [2.05, 4.69) is 5.32 Å². The number of amides is 1. The van der Waals surface area contributed by atoms with E-state index in [1.165, 1.54) is 35.9 Å². The van der Waals surface area contributed by atoms with Crippen molar-refractivity contribution in [2.75, 3.05) is 13.7 Å². The van der Waals surface area contributed by atoms with Crippen LogP contribution >= 0.6 is 0 Å². The summed E-state index contributed by atoms with van der Waals surface area (Å²) < 4.78 is 38.6. The predicted molar refractivity (Wildman–Crippen MR) is 113 cm³/mol. The van der Waals surface area contributed by atoms with Gasteiger partial charge in [-0.15, -0.1) is 0 Å². The Balaban J connectivity index is 1.88. The zero-order valence-electron chi connectivity index (χ0n) is 16.9. The lowest BCUT2D eigenvalue weighted by molar-refractivity contribution is 0.0947. The number of furan rings is 1. The number of nitrogens with one attached hydrogen (secondary N) is 1. The lowest BCUT2D eigenvalue weighted by Gasteiger charge is -2.22. The van der Waals surface area contributed by atoms with Gasteiger partial charge in [0, 0.05) is 18.7 Å². The second kappa shape index (κ2) is 9.60. The van der Waals surface area contributed by atoms with Crippen molar-refractivity contribution in [3.63, 3.8) is 0 Å². The van der Waals surface area contributed by atoms with Crippen LogP contribution in [0.15, 0.2) is 76.2 Å². The fourth-order valence-corrected chi connectivity index (χ4v) is 4.61. The molecule has 158 valence electrons. The molecule has 7 nitrogen and oxygen atoms in total. The molecule has 0 fully saturated rings. The van der Waals surface area contributed by atoms with Gasteiger partial charge in [-0.1, -0.05) is 37.3 Å². The van der Waals surface area contributed by atoms with Gasteiger partial charge in [-0.3, -0.25) is 4.79 Å². The van der Waals surface area contributed by atoms with Crippen molar-refractivity contribution in [1.82, 2.24) is 9.62 Å². The van der Waals surface area contributed by atoms with E-state index in [0.29, 0.717) is 5.76 Å². The van der Waals surface area contributed by atoms with E-state index < -0.39 is 15.9 Å². The van der Waals surface area contributed by atoms with Crippen LogP contribution in [0, 0.1) is 0 Å². The number of methoxy groups -OCH3 is 1. The third-order valence-electron chi connectivity index (χ3n) is 4.60. The first-order valence-corrected chi connectivity index (χ1v) is 10.9. The van der Waals surface area contributed by atoms with Crippen molar-refractivity contribution < 1.29 is 22.4 Å². The first-order valence-electron chi connectivity index (χ1n) is 9.48. The topological polar surface area (TPSA) is 88.9 Å². The molecule has 1 heterocycles. The van der Waals surface area contributed by atoms with Crippen LogP contribution in [0.25, 0.3) is 0 Å². The van der Waals surface area contributed by atoms with Crippen LogP contribution in [0.2, 0.25) is 0 Å². The number of benzene rings is 2. The molecule has 3 rings (SSSR count). The summed E-state index contributed by atoms with van der Waals surface area (Å²) in [6.45, 7) is 2.47. The van der Waals surface area contributed by atoms with Crippen molar-refractivity contribution in [2.45, 2.75) is 24.9 Å². The van der Waals surface area contributed by atoms with E-state index in [9.17, 15) is 13.2 Å². The Labute approximate surface area is 176 Å². The van der Waals surface area contributed by atoms with E-state index in [-0.39, 0.29) is 35.8 Å². The molecule has 1 aromatic heterocycles. The lowest BCUT2D eigenvalue weighted by atomic mass is 10.2. The second-order valence-electron chi connectivity index (χ2n) is 6.54. The number of sulfonamides is 1. The molecule has 0 aliphatic rings. The van der Waals surface area contributed by atoms with Crippen molar-refractivity contribution in [3.8, 4) is 5.75 Å². The number of carbonyl (C=O) groups is 1. The minimum absolute atomic E-state index is 0.0478. The molecular weight excluding hydrogens is 404 g/mol. The molecule has 0 saturated carbocycles. The molecule has 2 aromatic carbocycles. The van der Waals surface area contributed by atoms with Gasteiger partial charge < -0.3 is 14.5 Å². The van der Waals surface area contributed by atoms with Gasteiger partial charge >= 0.3 is 0 Å². The molecule has 1 amide bonds. The Hall–Kier alpha value is -3.10. The smallest absolute Gasteiger partial charge is 0.251 e. The Kier molecular flexibility index (Phi) is 6.91. The molecular formula is C22H24N2O5S. The molecule has 1 N–H and O–H groups in total. The van der Waals surface area contributed by atoms with Crippen LogP contribution in [-0.4, -0.2) is 32.3 Å². The van der Waals surface area contributed by atoms with Gasteiger partial charge in [-0.25, -0.2) is 8.42 Å². The lowest BCUT2D eigenvalue weighted by Crippen LogP contribution is -2.31. The fraction of sp³-hybridized carbons (Fsp3) is 0.227. The maximum atomic E-state index is 13.4. The van der Waals surface area contributed by atoms with E-state index >= 15 is 0 Å². The van der Waals surface area contributed by atoms with Gasteiger partial charge in [0.05, 0.1) is 19.9 Å². The van der Waals surface area contributed by atoms with Crippen molar-refractivity contribution in [3.05, 3.63) is 83.8 Å². The summed E-state index contributed by atoms with van der Waals surface area (Å²) in [5.74, 6) is 0.380. The minimum atomic E-state index is -3.90. The quantitative estimate of drug-likeness (QED) is 0.564. The van der Waals surface area contributed by atoms with Crippen LogP contribution in [0.5, 0.6) is 5.75 Å². The van der Waals surface area contributed by atoms with Crippen molar-refractivity contribution >= 4 is 15.9 Å². The van der Waals surface area contributed by atoms with Crippen molar-refractivity contribution in [1.29, 1.82) is 0 Å². The number of ether oxygens (including phenoxy) is 1. The molecule has 0 aliphatic heterocycles. The van der Waals surface area contributed by atoms with Gasteiger partial charge in [0.15, 0.2) is 0 Å². The van der Waals surface area contributed by atoms with Gasteiger partial charge in [-0.2, -0.15) is 4.31 Å². The van der Waals surface area contributed by atoms with Gasteiger partial charge in [0.25, 0.3) is 5.91 Å². The average Bonchev–Trinajstić information content (AvgIpc) is 3.29. The zero-order valence-corrected chi connectivity index (χ0v) is 17.7. The average molecular weight is 429 g/mol. The molecule has 0 saturated heterocycles. The molecule has 3 aromatic rings. The first kappa shape index (κ1) is 21.6. The standard InChI is InChI=1S/C22H24N2O5S/c1-3-24(16-17-8-5-4-6-9-17)30(26,27)21-14-18(11-12-20(21)28-2)22(25)23-15-19-10-7-13-29-19/h4-14H,3,15-16H2,1-2H3,(H,23,25). The summed E-state index contributed by atoms with van der Waals surface area (Å²) in [6.07, 6.45) is 1.52. The number of nitrogens with zero attached hydrogens (tertiary/aromatic N) is 1. The van der Waals surface area contributed by atoms with Crippen LogP contribution in [0.3, 0.4) is 0 Å². The van der Waals surface area contributed by atoms with Gasteiger partial charge in [-0.05, 0) is 35.9 Å². The Bertz CT molecular complexity index is 1080. The summed E-state index contributed by atoms with van der Waals surface area (Å²) in [7, 11) is -2.50. The number of hydrogen-bond donors (Lipinski definition) is 1. The Morgan fingerprint density at radius 3 is 2.50 bits per heavy atom. The number of rotatable bonds is 9. The summed E-state index contributed by atoms with van der Waals surface area (Å²) in [5, 5.41) is 2.72. The van der Waals surface area contributed by atoms with E-state index in [4.69, 9.17) is 9.15 Å². The molecule has 0 atom stereocenters. The highest BCUT2D eigenvalue weighted by molar-refractivity contribution is 7.89. The molecule has 0 unspecified atom stereocenters. The zero-order chi connectivity index (χ0) is 21.6. The Morgan fingerprint density at radius 1 is 1.10 bits per heavy atom. The molecule has 0 bridgehead atoms. The minimum Gasteiger partial charge on any atom is -0.495 e. The third-order valence-corrected chi connectivity index (χ3v) is 6.54. The fourth-order valence-electron chi connectivity index (χ4n) is 3.00. The predicted octanol–water partition coefficient (Wildman–Crippen LogP) is 3.43. The number of hydrogen-bond acceptors (Lipinski definition) is 5. The molecule has 0 radical (unpaired) electrons. The monoisotopic (exact) mass is 428 g/mol. The molecule has 30 heavy (non-hydrogen) atoms. The van der Waals surface area contributed by atoms with E-state index in [1.807, 2.05) is 30.3 Å². The second-order valence-corrected chi connectivity index (χ2v) is 8.45. The van der Waals surface area contributed by atoms with Gasteiger partial charge in [0.1, 0.15) is 16.4 Å². The van der Waals surface area contributed by atoms with Crippen molar-refractivity contribution in [2.24, 2.45) is 0 Å². The molecule has 8 heteroatoms. The largest absolute Gasteiger partial charge is 0.495 e. The van der Waals surface area contributed by atoms with Gasteiger partial charge in [0.2, 0.25) is 10.0 Å². The number of carbonyl (C=O) groups excluding carboxylic acids is 1. The normalized spacial score (nSPS) is 11.4. The highest BCUT2D eigenvalue weighted by atomic mass is 32.2. The summed E-state index contributed by atoms with van der Waals surface area (Å²) >= 11 is 0. The summed E-state index contributed by atoms with van der Waals surface area (Å²) in [5.41, 5.74) is 1.09. The molecule has 0 aliphatic carbocycles.